The van der Waals surface area contributed by atoms with Gasteiger partial charge in [0.15, 0.2) is 0 Å². The molecule has 1 heterocycles. The molecular weight excluding hydrogens is 319 g/mol. The van der Waals surface area contributed by atoms with Crippen molar-refractivity contribution < 1.29 is 4.39 Å². The lowest BCUT2D eigenvalue weighted by atomic mass is 10.1. The fourth-order valence-electron chi connectivity index (χ4n) is 2.27. The largest absolute Gasteiger partial charge is 0.343 e. The molecule has 0 spiro atoms. The number of benzene rings is 2. The summed E-state index contributed by atoms with van der Waals surface area (Å²) in [5.74, 6) is -0.291. The van der Waals surface area contributed by atoms with E-state index in [0.717, 1.165) is 15.4 Å². The van der Waals surface area contributed by atoms with Crippen LogP contribution in [0.4, 0.5) is 4.39 Å². The third-order valence-electron chi connectivity index (χ3n) is 3.28. The summed E-state index contributed by atoms with van der Waals surface area (Å²) < 4.78 is 16.8. The Morgan fingerprint density at radius 2 is 2.05 bits per heavy atom. The number of hydrogen-bond acceptors (Lipinski definition) is 1. The van der Waals surface area contributed by atoms with E-state index in [1.54, 1.807) is 6.07 Å². The van der Waals surface area contributed by atoms with Crippen LogP contribution >= 0.6 is 15.9 Å². The lowest BCUT2D eigenvalue weighted by Crippen LogP contribution is -2.01. The average molecular weight is 329 g/mol. The van der Waals surface area contributed by atoms with Gasteiger partial charge in [-0.2, -0.15) is 5.26 Å². The molecule has 0 bridgehead atoms. The number of rotatable bonds is 2. The van der Waals surface area contributed by atoms with Gasteiger partial charge in [0.25, 0.3) is 0 Å². The van der Waals surface area contributed by atoms with Crippen LogP contribution in [0.1, 0.15) is 11.1 Å². The summed E-state index contributed by atoms with van der Waals surface area (Å²) in [6, 6.07) is 14.4. The van der Waals surface area contributed by atoms with Gasteiger partial charge < -0.3 is 4.57 Å². The highest BCUT2D eigenvalue weighted by atomic mass is 79.9. The number of aromatic nitrogens is 1. The zero-order chi connectivity index (χ0) is 14.1. The number of nitrogens with zero attached hydrogens (tertiary/aromatic N) is 2. The zero-order valence-electron chi connectivity index (χ0n) is 10.5. The third-order valence-corrected chi connectivity index (χ3v) is 3.97. The molecule has 2 nitrogen and oxygen atoms in total. The minimum Gasteiger partial charge on any atom is -0.343 e. The van der Waals surface area contributed by atoms with Gasteiger partial charge in [0.1, 0.15) is 5.82 Å². The minimum absolute atomic E-state index is 0.291. The monoisotopic (exact) mass is 328 g/mol. The lowest BCUT2D eigenvalue weighted by Gasteiger charge is -2.07. The van der Waals surface area contributed by atoms with Gasteiger partial charge in [-0.3, -0.25) is 0 Å². The minimum atomic E-state index is -0.291. The smallest absolute Gasteiger partial charge is 0.128 e. The molecule has 0 saturated carbocycles. The topological polar surface area (TPSA) is 28.7 Å². The Balaban J connectivity index is 2.06. The van der Waals surface area contributed by atoms with Crippen molar-refractivity contribution in [1.29, 1.82) is 5.26 Å². The van der Waals surface area contributed by atoms with Crippen LogP contribution in [0.5, 0.6) is 0 Å². The second-order valence-corrected chi connectivity index (χ2v) is 5.39. The van der Waals surface area contributed by atoms with E-state index in [-0.39, 0.29) is 5.82 Å². The maximum atomic E-state index is 13.8. The van der Waals surface area contributed by atoms with Crippen molar-refractivity contribution in [2.75, 3.05) is 0 Å². The van der Waals surface area contributed by atoms with Gasteiger partial charge in [0.2, 0.25) is 0 Å². The van der Waals surface area contributed by atoms with E-state index >= 15 is 0 Å². The molecule has 3 aromatic rings. The average Bonchev–Trinajstić information content (AvgIpc) is 2.86. The maximum Gasteiger partial charge on any atom is 0.128 e. The molecule has 0 N–H and O–H groups in total. The molecule has 98 valence electrons. The van der Waals surface area contributed by atoms with E-state index in [1.807, 2.05) is 41.1 Å². The Labute approximate surface area is 124 Å². The normalized spacial score (nSPS) is 10.7. The molecule has 0 fully saturated rings. The van der Waals surface area contributed by atoms with E-state index < -0.39 is 0 Å². The highest BCUT2D eigenvalue weighted by Gasteiger charge is 2.08. The van der Waals surface area contributed by atoms with Crippen LogP contribution in [0, 0.1) is 17.1 Å². The summed E-state index contributed by atoms with van der Waals surface area (Å²) in [5.41, 5.74) is 2.02. The van der Waals surface area contributed by atoms with Gasteiger partial charge in [-0.25, -0.2) is 4.39 Å². The van der Waals surface area contributed by atoms with Crippen molar-refractivity contribution in [1.82, 2.24) is 4.57 Å². The van der Waals surface area contributed by atoms with Crippen LogP contribution in [0.3, 0.4) is 0 Å². The predicted octanol–water partition coefficient (Wildman–Crippen LogP) is 4.46. The summed E-state index contributed by atoms with van der Waals surface area (Å²) in [4.78, 5) is 0. The fraction of sp³-hybridized carbons (Fsp3) is 0.0625. The van der Waals surface area contributed by atoms with Crippen molar-refractivity contribution in [2.45, 2.75) is 6.54 Å². The van der Waals surface area contributed by atoms with E-state index in [2.05, 4.69) is 15.9 Å². The number of fused-ring (bicyclic) bond motifs is 1. The SMILES string of the molecule is N#Cc1ccc(F)c(Cn2ccc3c(Br)cccc32)c1. The second-order valence-electron chi connectivity index (χ2n) is 4.53. The molecule has 0 atom stereocenters. The van der Waals surface area contributed by atoms with Crippen LogP contribution < -0.4 is 0 Å². The van der Waals surface area contributed by atoms with E-state index in [9.17, 15) is 4.39 Å². The van der Waals surface area contributed by atoms with Crippen LogP contribution in [-0.2, 0) is 6.54 Å². The molecule has 0 aliphatic rings. The molecule has 20 heavy (non-hydrogen) atoms. The molecule has 0 saturated heterocycles. The van der Waals surface area contributed by atoms with Gasteiger partial charge in [-0.15, -0.1) is 0 Å². The van der Waals surface area contributed by atoms with E-state index in [4.69, 9.17) is 5.26 Å². The molecule has 4 heteroatoms. The molecule has 0 radical (unpaired) electrons. The third kappa shape index (κ3) is 2.21. The predicted molar refractivity (Wildman–Crippen MR) is 79.9 cm³/mol. The molecule has 0 aliphatic heterocycles. The van der Waals surface area contributed by atoms with Gasteiger partial charge >= 0.3 is 0 Å². The highest BCUT2D eigenvalue weighted by molar-refractivity contribution is 9.10. The van der Waals surface area contributed by atoms with Crippen LogP contribution in [0.25, 0.3) is 10.9 Å². The van der Waals surface area contributed by atoms with Crippen molar-refractivity contribution in [3.8, 4) is 6.07 Å². The summed E-state index contributed by atoms with van der Waals surface area (Å²) in [6.07, 6.45) is 1.92. The Hall–Kier alpha value is -2.12. The molecular formula is C16H10BrFN2. The summed E-state index contributed by atoms with van der Waals surface area (Å²) in [6.45, 7) is 0.404. The van der Waals surface area contributed by atoms with Crippen molar-refractivity contribution in [2.24, 2.45) is 0 Å². The molecule has 0 aliphatic carbocycles. The van der Waals surface area contributed by atoms with Gasteiger partial charge in [0.05, 0.1) is 18.2 Å². The number of nitriles is 1. The van der Waals surface area contributed by atoms with E-state index in [0.29, 0.717) is 17.7 Å². The van der Waals surface area contributed by atoms with Crippen molar-refractivity contribution in [3.05, 3.63) is 70.1 Å². The van der Waals surface area contributed by atoms with Gasteiger partial charge in [-0.05, 0) is 36.4 Å². The summed E-state index contributed by atoms with van der Waals surface area (Å²) in [5, 5.41) is 9.99. The van der Waals surface area contributed by atoms with Gasteiger partial charge in [0, 0.05) is 27.1 Å². The molecule has 3 rings (SSSR count). The fourth-order valence-corrected chi connectivity index (χ4v) is 2.76. The zero-order valence-corrected chi connectivity index (χ0v) is 12.1. The van der Waals surface area contributed by atoms with Crippen molar-refractivity contribution in [3.63, 3.8) is 0 Å². The van der Waals surface area contributed by atoms with Crippen LogP contribution in [-0.4, -0.2) is 4.57 Å². The number of hydrogen-bond donors (Lipinski definition) is 0. The first kappa shape index (κ1) is 12.9. The first-order chi connectivity index (χ1) is 9.69. The molecule has 2 aromatic carbocycles. The number of halogens is 2. The quantitative estimate of drug-likeness (QED) is 0.682. The second kappa shape index (κ2) is 5.10. The Bertz CT molecular complexity index is 830. The first-order valence-corrected chi connectivity index (χ1v) is 6.90. The Morgan fingerprint density at radius 1 is 1.20 bits per heavy atom. The molecule has 1 aromatic heterocycles. The van der Waals surface area contributed by atoms with Crippen LogP contribution in [0.15, 0.2) is 53.1 Å². The lowest BCUT2D eigenvalue weighted by molar-refractivity contribution is 0.602. The van der Waals surface area contributed by atoms with E-state index in [1.165, 1.54) is 12.1 Å². The Kier molecular flexibility index (Phi) is 3.29. The summed E-state index contributed by atoms with van der Waals surface area (Å²) in [7, 11) is 0. The van der Waals surface area contributed by atoms with Crippen LogP contribution in [0.2, 0.25) is 0 Å². The maximum absolute atomic E-state index is 13.8. The standard InChI is InChI=1S/C16H10BrFN2/c17-14-2-1-3-16-13(14)6-7-20(16)10-12-8-11(9-19)4-5-15(12)18/h1-8H,10H2. The highest BCUT2D eigenvalue weighted by Crippen LogP contribution is 2.25. The Morgan fingerprint density at radius 3 is 2.85 bits per heavy atom. The first-order valence-electron chi connectivity index (χ1n) is 6.11. The van der Waals surface area contributed by atoms with Gasteiger partial charge in [-0.1, -0.05) is 22.0 Å². The molecule has 0 unspecified atom stereocenters. The van der Waals surface area contributed by atoms with Crippen molar-refractivity contribution >= 4 is 26.8 Å². The molecule has 0 amide bonds. The summed E-state index contributed by atoms with van der Waals surface area (Å²) >= 11 is 3.50.